The Hall–Kier alpha value is -2.94. The number of carbonyl (C=O) groups excluding carboxylic acids is 1. The first-order valence-electron chi connectivity index (χ1n) is 8.56. The van der Waals surface area contributed by atoms with Crippen LogP contribution >= 0.6 is 11.8 Å². The molecule has 0 aliphatic rings. The van der Waals surface area contributed by atoms with Gasteiger partial charge in [-0.05, 0) is 53.1 Å². The van der Waals surface area contributed by atoms with Crippen molar-refractivity contribution in [3.05, 3.63) is 54.0 Å². The second kappa shape index (κ2) is 7.36. The number of para-hydroxylation sites is 2. The van der Waals surface area contributed by atoms with Gasteiger partial charge in [-0.3, -0.25) is 4.79 Å². The van der Waals surface area contributed by atoms with Gasteiger partial charge in [-0.1, -0.05) is 12.1 Å². The highest BCUT2D eigenvalue weighted by molar-refractivity contribution is 7.98. The number of nitrogens with one attached hydrogen (secondary N) is 1. The molecule has 4 rings (SSSR count). The Bertz CT molecular complexity index is 1100. The minimum atomic E-state index is -0.186. The van der Waals surface area contributed by atoms with Gasteiger partial charge in [0.2, 0.25) is 0 Å². The number of aromatic nitrogens is 6. The van der Waals surface area contributed by atoms with Gasteiger partial charge in [-0.2, -0.15) is 11.8 Å². The van der Waals surface area contributed by atoms with E-state index in [0.29, 0.717) is 11.2 Å². The molecule has 8 nitrogen and oxygen atoms in total. The molecule has 1 N–H and O–H groups in total. The Morgan fingerprint density at radius 3 is 2.96 bits per heavy atom. The lowest BCUT2D eigenvalue weighted by atomic mass is 10.1. The number of hydrogen-bond donors (Lipinski definition) is 1. The van der Waals surface area contributed by atoms with Crippen molar-refractivity contribution in [2.24, 2.45) is 7.05 Å². The summed E-state index contributed by atoms with van der Waals surface area (Å²) in [6.45, 7) is 0. The predicted octanol–water partition coefficient (Wildman–Crippen LogP) is 2.24. The van der Waals surface area contributed by atoms with E-state index < -0.39 is 0 Å². The van der Waals surface area contributed by atoms with Crippen LogP contribution in [0.4, 0.5) is 0 Å². The van der Waals surface area contributed by atoms with Crippen molar-refractivity contribution in [3.63, 3.8) is 0 Å². The maximum Gasteiger partial charge on any atom is 0.252 e. The van der Waals surface area contributed by atoms with Crippen LogP contribution in [0.1, 0.15) is 28.6 Å². The lowest BCUT2D eigenvalue weighted by Crippen LogP contribution is -2.31. The molecule has 0 fully saturated rings. The SMILES string of the molecule is CSCCC(NC(=O)c1ccn2nnnc2c1)c1nc2ccccc2n1C. The van der Waals surface area contributed by atoms with Gasteiger partial charge in [0.15, 0.2) is 5.65 Å². The molecule has 0 aliphatic heterocycles. The second-order valence-electron chi connectivity index (χ2n) is 6.22. The third kappa shape index (κ3) is 3.37. The zero-order valence-corrected chi connectivity index (χ0v) is 15.8. The summed E-state index contributed by atoms with van der Waals surface area (Å²) in [6, 6.07) is 11.2. The Balaban J connectivity index is 1.64. The van der Waals surface area contributed by atoms with Crippen LogP contribution in [0.5, 0.6) is 0 Å². The molecule has 0 radical (unpaired) electrons. The van der Waals surface area contributed by atoms with E-state index in [4.69, 9.17) is 4.98 Å². The summed E-state index contributed by atoms with van der Waals surface area (Å²) >= 11 is 1.75. The van der Waals surface area contributed by atoms with Crippen molar-refractivity contribution < 1.29 is 4.79 Å². The van der Waals surface area contributed by atoms with Crippen LogP contribution in [0, 0.1) is 0 Å². The summed E-state index contributed by atoms with van der Waals surface area (Å²) in [4.78, 5) is 17.6. The van der Waals surface area contributed by atoms with Crippen LogP contribution in [-0.4, -0.2) is 47.5 Å². The highest BCUT2D eigenvalue weighted by Crippen LogP contribution is 2.23. The molecule has 27 heavy (non-hydrogen) atoms. The van der Waals surface area contributed by atoms with E-state index in [-0.39, 0.29) is 11.9 Å². The van der Waals surface area contributed by atoms with Gasteiger partial charge < -0.3 is 9.88 Å². The first-order valence-corrected chi connectivity index (χ1v) is 9.95. The number of rotatable bonds is 6. The average molecular weight is 381 g/mol. The molecule has 1 atom stereocenters. The summed E-state index contributed by atoms with van der Waals surface area (Å²) in [5.41, 5.74) is 3.03. The molecular formula is C18H19N7OS. The molecule has 0 saturated heterocycles. The summed E-state index contributed by atoms with van der Waals surface area (Å²) in [6.07, 6.45) is 4.52. The van der Waals surface area contributed by atoms with Crippen LogP contribution < -0.4 is 5.32 Å². The Morgan fingerprint density at radius 1 is 1.30 bits per heavy atom. The lowest BCUT2D eigenvalue weighted by molar-refractivity contribution is 0.0933. The van der Waals surface area contributed by atoms with Crippen LogP contribution in [0.2, 0.25) is 0 Å². The molecule has 4 aromatic rings. The zero-order chi connectivity index (χ0) is 18.8. The van der Waals surface area contributed by atoms with E-state index in [0.717, 1.165) is 29.0 Å². The largest absolute Gasteiger partial charge is 0.342 e. The van der Waals surface area contributed by atoms with Crippen molar-refractivity contribution in [3.8, 4) is 0 Å². The molecule has 0 bridgehead atoms. The van der Waals surface area contributed by atoms with Gasteiger partial charge in [-0.25, -0.2) is 9.50 Å². The topological polar surface area (TPSA) is 90.0 Å². The minimum absolute atomic E-state index is 0.168. The fourth-order valence-corrected chi connectivity index (χ4v) is 3.57. The number of tetrazole rings is 1. The molecule has 0 spiro atoms. The number of nitrogens with zero attached hydrogens (tertiary/aromatic N) is 6. The predicted molar refractivity (Wildman–Crippen MR) is 105 cm³/mol. The fourth-order valence-electron chi connectivity index (χ4n) is 3.10. The smallest absolute Gasteiger partial charge is 0.252 e. The minimum Gasteiger partial charge on any atom is -0.342 e. The third-order valence-corrected chi connectivity index (χ3v) is 5.15. The van der Waals surface area contributed by atoms with Crippen molar-refractivity contribution in [1.82, 2.24) is 34.9 Å². The van der Waals surface area contributed by atoms with E-state index in [1.807, 2.05) is 35.9 Å². The van der Waals surface area contributed by atoms with E-state index in [9.17, 15) is 4.79 Å². The van der Waals surface area contributed by atoms with Crippen LogP contribution in [0.15, 0.2) is 42.6 Å². The van der Waals surface area contributed by atoms with E-state index in [1.165, 1.54) is 4.52 Å². The van der Waals surface area contributed by atoms with Crippen LogP contribution in [0.25, 0.3) is 16.7 Å². The quantitative estimate of drug-likeness (QED) is 0.551. The monoisotopic (exact) mass is 381 g/mol. The van der Waals surface area contributed by atoms with Gasteiger partial charge in [0.25, 0.3) is 5.91 Å². The molecule has 3 aromatic heterocycles. The van der Waals surface area contributed by atoms with Crippen molar-refractivity contribution >= 4 is 34.3 Å². The van der Waals surface area contributed by atoms with Crippen molar-refractivity contribution in [1.29, 1.82) is 0 Å². The van der Waals surface area contributed by atoms with Crippen LogP contribution in [0.3, 0.4) is 0 Å². The molecule has 0 saturated carbocycles. The molecule has 0 aliphatic carbocycles. The molecule has 1 unspecified atom stereocenters. The average Bonchev–Trinajstić information content (AvgIpc) is 3.29. The normalized spacial score (nSPS) is 12.5. The van der Waals surface area contributed by atoms with Gasteiger partial charge in [0, 0.05) is 18.8 Å². The number of imidazole rings is 1. The van der Waals surface area contributed by atoms with Crippen LogP contribution in [-0.2, 0) is 7.05 Å². The summed E-state index contributed by atoms with van der Waals surface area (Å²) in [5, 5.41) is 14.4. The van der Waals surface area contributed by atoms with Gasteiger partial charge in [-0.15, -0.1) is 5.10 Å². The number of hydrogen-bond acceptors (Lipinski definition) is 6. The van der Waals surface area contributed by atoms with E-state index in [1.54, 1.807) is 30.1 Å². The van der Waals surface area contributed by atoms with E-state index >= 15 is 0 Å². The first-order chi connectivity index (χ1) is 13.2. The van der Waals surface area contributed by atoms with Crippen molar-refractivity contribution in [2.75, 3.05) is 12.0 Å². The summed E-state index contributed by atoms with van der Waals surface area (Å²) < 4.78 is 3.57. The number of benzene rings is 1. The number of carbonyl (C=O) groups is 1. The van der Waals surface area contributed by atoms with Gasteiger partial charge in [0.1, 0.15) is 5.82 Å². The number of amides is 1. The second-order valence-corrected chi connectivity index (χ2v) is 7.21. The Kier molecular flexibility index (Phi) is 4.76. The van der Waals surface area contributed by atoms with Gasteiger partial charge in [0.05, 0.1) is 17.1 Å². The fraction of sp³-hybridized carbons (Fsp3) is 0.278. The summed E-state index contributed by atoms with van der Waals surface area (Å²) in [7, 11) is 1.98. The number of fused-ring (bicyclic) bond motifs is 2. The maximum absolute atomic E-state index is 12.9. The number of aryl methyl sites for hydroxylation is 1. The van der Waals surface area contributed by atoms with Gasteiger partial charge >= 0.3 is 0 Å². The summed E-state index contributed by atoms with van der Waals surface area (Å²) in [5.74, 6) is 1.60. The highest BCUT2D eigenvalue weighted by atomic mass is 32.2. The van der Waals surface area contributed by atoms with E-state index in [2.05, 4.69) is 27.1 Å². The lowest BCUT2D eigenvalue weighted by Gasteiger charge is -2.18. The molecular weight excluding hydrogens is 362 g/mol. The molecule has 1 amide bonds. The third-order valence-electron chi connectivity index (χ3n) is 4.51. The number of pyridine rings is 1. The Morgan fingerprint density at radius 2 is 2.15 bits per heavy atom. The number of thioether (sulfide) groups is 1. The molecule has 1 aromatic carbocycles. The van der Waals surface area contributed by atoms with Crippen molar-refractivity contribution in [2.45, 2.75) is 12.5 Å². The standard InChI is InChI=1S/C18H19N7OS/c1-24-15-6-4-3-5-13(15)19-17(24)14(8-10-27-2)20-18(26)12-7-9-25-16(11-12)21-22-23-25/h3-7,9,11,14H,8,10H2,1-2H3,(H,20,26). The highest BCUT2D eigenvalue weighted by Gasteiger charge is 2.21. The zero-order valence-electron chi connectivity index (χ0n) is 15.0. The first kappa shape index (κ1) is 17.5. The maximum atomic E-state index is 12.9. The molecule has 138 valence electrons. The molecule has 3 heterocycles. The molecule has 9 heteroatoms. The Labute approximate surface area is 160 Å².